The molecular weight excluding hydrogens is 443 g/mol. The number of anilines is 1. The quantitative estimate of drug-likeness (QED) is 0.546. The summed E-state index contributed by atoms with van der Waals surface area (Å²) in [4.78, 5) is 13.0. The van der Waals surface area contributed by atoms with Crippen molar-refractivity contribution >= 4 is 31.6 Å². The van der Waals surface area contributed by atoms with Gasteiger partial charge in [0.25, 0.3) is 31.7 Å². The fourth-order valence-corrected chi connectivity index (χ4v) is 7.46. The Balaban J connectivity index is 2.07. The lowest BCUT2D eigenvalue weighted by Gasteiger charge is -2.31. The number of hydrogen-bond donors (Lipinski definition) is 0. The van der Waals surface area contributed by atoms with E-state index >= 15 is 4.39 Å². The van der Waals surface area contributed by atoms with Crippen molar-refractivity contribution in [2.24, 2.45) is 0 Å². The van der Waals surface area contributed by atoms with Crippen LogP contribution in [-0.2, 0) is 30.6 Å². The number of nitrogens with zero attached hydrogens (tertiary/aromatic N) is 2. The number of fused-ring (bicyclic) bond motifs is 1. The Kier molecular flexibility index (Phi) is 4.95. The highest BCUT2D eigenvalue weighted by Gasteiger charge is 2.63. The molecule has 10 heteroatoms. The SMILES string of the molecule is CN1C(=O)C(F)(N(S(=O)(=O)c2ccccc2)S(=O)(=O)c2ccccc2)c2ccccc21. The number of para-hydroxylation sites is 1. The highest BCUT2D eigenvalue weighted by Crippen LogP contribution is 2.48. The van der Waals surface area contributed by atoms with E-state index in [4.69, 9.17) is 0 Å². The molecule has 1 aliphatic heterocycles. The van der Waals surface area contributed by atoms with Gasteiger partial charge in [-0.2, -0.15) is 0 Å². The Morgan fingerprint density at radius 2 is 1.16 bits per heavy atom. The van der Waals surface area contributed by atoms with Crippen LogP contribution in [0.15, 0.2) is 94.7 Å². The van der Waals surface area contributed by atoms with Crippen molar-refractivity contribution in [3.63, 3.8) is 0 Å². The topological polar surface area (TPSA) is 91.8 Å². The molecule has 1 atom stereocenters. The standard InChI is InChI=1S/C21H17FN2O5S2/c1-23-19-15-9-8-14-18(19)21(22,20(23)25)24(30(26,27)16-10-4-2-5-11-16)31(28,29)17-12-6-3-7-13-17/h2-15H,1H3. The second-order valence-corrected chi connectivity index (χ2v) is 10.6. The van der Waals surface area contributed by atoms with Gasteiger partial charge in [0, 0.05) is 12.6 Å². The predicted molar refractivity (Wildman–Crippen MR) is 112 cm³/mol. The number of hydrogen-bond acceptors (Lipinski definition) is 5. The lowest BCUT2D eigenvalue weighted by molar-refractivity contribution is -0.133. The summed E-state index contributed by atoms with van der Waals surface area (Å²) in [7, 11) is -8.80. The van der Waals surface area contributed by atoms with E-state index in [1.54, 1.807) is 0 Å². The van der Waals surface area contributed by atoms with Crippen LogP contribution in [0.4, 0.5) is 10.1 Å². The molecule has 1 unspecified atom stereocenters. The van der Waals surface area contributed by atoms with Gasteiger partial charge >= 0.3 is 0 Å². The van der Waals surface area contributed by atoms with Crippen LogP contribution in [0.3, 0.4) is 0 Å². The Labute approximate surface area is 179 Å². The van der Waals surface area contributed by atoms with Gasteiger partial charge in [0.15, 0.2) is 0 Å². The number of sulfonamides is 2. The second kappa shape index (κ2) is 7.26. The molecule has 0 aromatic heterocycles. The first kappa shape index (κ1) is 21.2. The maximum Gasteiger partial charge on any atom is 0.297 e. The summed E-state index contributed by atoms with van der Waals surface area (Å²) < 4.78 is 70.6. The van der Waals surface area contributed by atoms with Crippen LogP contribution in [-0.4, -0.2) is 33.5 Å². The molecule has 0 aliphatic carbocycles. The minimum absolute atomic E-state index is 0.0755. The number of carbonyl (C=O) groups is 1. The van der Waals surface area contributed by atoms with E-state index in [0.29, 0.717) is 0 Å². The second-order valence-electron chi connectivity index (χ2n) is 6.84. The van der Waals surface area contributed by atoms with E-state index in [1.165, 1.54) is 67.7 Å². The average Bonchev–Trinajstić information content (AvgIpc) is 2.96. The van der Waals surface area contributed by atoms with Gasteiger partial charge in [-0.3, -0.25) is 4.79 Å². The normalized spacial score (nSPS) is 18.9. The van der Waals surface area contributed by atoms with Crippen LogP contribution in [0.25, 0.3) is 0 Å². The predicted octanol–water partition coefficient (Wildman–Crippen LogP) is 2.87. The lowest BCUT2D eigenvalue weighted by atomic mass is 10.1. The maximum atomic E-state index is 16.8. The molecule has 1 aliphatic rings. The molecule has 1 amide bonds. The summed E-state index contributed by atoms with van der Waals surface area (Å²) in [6.45, 7) is 0. The monoisotopic (exact) mass is 460 g/mol. The molecule has 160 valence electrons. The van der Waals surface area contributed by atoms with Crippen LogP contribution in [0, 0.1) is 0 Å². The Bertz CT molecular complexity index is 1290. The third-order valence-electron chi connectivity index (χ3n) is 4.98. The minimum Gasteiger partial charge on any atom is -0.311 e. The molecule has 4 rings (SSSR count). The van der Waals surface area contributed by atoms with Crippen molar-refractivity contribution in [1.29, 1.82) is 0 Å². The number of amides is 1. The van der Waals surface area contributed by atoms with E-state index in [0.717, 1.165) is 29.2 Å². The summed E-state index contributed by atoms with van der Waals surface area (Å²) in [5.74, 6) is -4.83. The summed E-state index contributed by atoms with van der Waals surface area (Å²) in [6.07, 6.45) is 0. The van der Waals surface area contributed by atoms with Crippen LogP contribution in [0.1, 0.15) is 5.56 Å². The van der Waals surface area contributed by atoms with Crippen LogP contribution in [0.2, 0.25) is 0 Å². The van der Waals surface area contributed by atoms with Crippen molar-refractivity contribution in [3.05, 3.63) is 90.5 Å². The Morgan fingerprint density at radius 1 is 0.742 bits per heavy atom. The van der Waals surface area contributed by atoms with E-state index in [9.17, 15) is 21.6 Å². The number of likely N-dealkylation sites (N-methyl/N-ethyl adjacent to an activating group) is 1. The smallest absolute Gasteiger partial charge is 0.297 e. The molecular formula is C21H17FN2O5S2. The van der Waals surface area contributed by atoms with Gasteiger partial charge in [-0.15, -0.1) is 0 Å². The zero-order valence-corrected chi connectivity index (χ0v) is 17.8. The Hall–Kier alpha value is -3.08. The van der Waals surface area contributed by atoms with Crippen molar-refractivity contribution in [1.82, 2.24) is 3.71 Å². The molecule has 0 bridgehead atoms. The first-order chi connectivity index (χ1) is 14.6. The van der Waals surface area contributed by atoms with Gasteiger partial charge in [0.2, 0.25) is 0 Å². The zero-order valence-electron chi connectivity index (χ0n) is 16.2. The van der Waals surface area contributed by atoms with Gasteiger partial charge in [0.05, 0.1) is 15.5 Å². The van der Waals surface area contributed by atoms with E-state index in [2.05, 4.69) is 0 Å². The summed E-state index contributed by atoms with van der Waals surface area (Å²) >= 11 is 0. The largest absolute Gasteiger partial charge is 0.311 e. The molecule has 0 N–H and O–H groups in total. The van der Waals surface area contributed by atoms with E-state index < -0.39 is 41.5 Å². The minimum atomic E-state index is -5.02. The number of rotatable bonds is 5. The highest BCUT2D eigenvalue weighted by atomic mass is 32.3. The molecule has 0 spiro atoms. The fourth-order valence-electron chi connectivity index (χ4n) is 3.51. The molecule has 31 heavy (non-hydrogen) atoms. The molecule has 1 heterocycles. The molecule has 7 nitrogen and oxygen atoms in total. The first-order valence-electron chi connectivity index (χ1n) is 9.10. The number of carbonyl (C=O) groups excluding carboxylic acids is 1. The number of benzene rings is 3. The zero-order chi connectivity index (χ0) is 22.4. The molecule has 0 fully saturated rings. The fraction of sp³-hybridized carbons (Fsp3) is 0.0952. The average molecular weight is 461 g/mol. The number of alkyl halides is 1. The summed E-state index contributed by atoms with van der Waals surface area (Å²) in [5.41, 5.74) is -0.298. The summed E-state index contributed by atoms with van der Waals surface area (Å²) in [5, 5.41) is 0. The number of halogens is 1. The molecule has 0 saturated heterocycles. The highest BCUT2D eigenvalue weighted by molar-refractivity contribution is 8.04. The first-order valence-corrected chi connectivity index (χ1v) is 12.0. The van der Waals surface area contributed by atoms with Gasteiger partial charge in [0.1, 0.15) is 0 Å². The molecule has 0 radical (unpaired) electrons. The Morgan fingerprint density at radius 3 is 1.65 bits per heavy atom. The maximum absolute atomic E-state index is 16.8. The van der Waals surface area contributed by atoms with Crippen LogP contribution < -0.4 is 4.90 Å². The van der Waals surface area contributed by atoms with Crippen LogP contribution >= 0.6 is 0 Å². The van der Waals surface area contributed by atoms with Crippen molar-refractivity contribution < 1.29 is 26.0 Å². The van der Waals surface area contributed by atoms with Crippen molar-refractivity contribution in [2.75, 3.05) is 11.9 Å². The third-order valence-corrected chi connectivity index (χ3v) is 9.27. The molecule has 3 aromatic carbocycles. The van der Waals surface area contributed by atoms with Gasteiger partial charge in [-0.05, 0) is 34.0 Å². The van der Waals surface area contributed by atoms with Crippen molar-refractivity contribution in [2.45, 2.75) is 15.6 Å². The van der Waals surface area contributed by atoms with E-state index in [-0.39, 0.29) is 15.0 Å². The van der Waals surface area contributed by atoms with Gasteiger partial charge in [-0.25, -0.2) is 21.2 Å². The van der Waals surface area contributed by atoms with Gasteiger partial charge in [-0.1, -0.05) is 54.6 Å². The molecule has 3 aromatic rings. The lowest BCUT2D eigenvalue weighted by Crippen LogP contribution is -2.54. The van der Waals surface area contributed by atoms with E-state index in [1.807, 2.05) is 0 Å². The summed E-state index contributed by atoms with van der Waals surface area (Å²) in [6, 6.07) is 18.7. The molecule has 0 saturated carbocycles. The van der Waals surface area contributed by atoms with Crippen LogP contribution in [0.5, 0.6) is 0 Å². The third kappa shape index (κ3) is 3.06. The van der Waals surface area contributed by atoms with Gasteiger partial charge < -0.3 is 4.90 Å². The van der Waals surface area contributed by atoms with Crippen molar-refractivity contribution in [3.8, 4) is 0 Å².